The molecule has 6 heteroatoms. The summed E-state index contributed by atoms with van der Waals surface area (Å²) in [7, 11) is 1.70. The Morgan fingerprint density at radius 3 is 2.42 bits per heavy atom. The highest BCUT2D eigenvalue weighted by atomic mass is 16.5. The van der Waals surface area contributed by atoms with Crippen molar-refractivity contribution in [3.63, 3.8) is 0 Å². The zero-order chi connectivity index (χ0) is 13.8. The van der Waals surface area contributed by atoms with E-state index in [1.807, 2.05) is 0 Å². The van der Waals surface area contributed by atoms with Crippen molar-refractivity contribution >= 4 is 12.0 Å². The summed E-state index contributed by atoms with van der Waals surface area (Å²) in [5, 5.41) is 11.9. The molecule has 0 aromatic carbocycles. The maximum absolute atomic E-state index is 12.1. The number of methoxy groups -OCH3 is 1. The molecule has 2 aliphatic rings. The van der Waals surface area contributed by atoms with E-state index in [1.165, 1.54) is 0 Å². The van der Waals surface area contributed by atoms with Gasteiger partial charge < -0.3 is 20.1 Å². The van der Waals surface area contributed by atoms with Crippen LogP contribution >= 0.6 is 0 Å². The first-order valence-corrected chi connectivity index (χ1v) is 6.91. The number of aliphatic carboxylic acids is 1. The van der Waals surface area contributed by atoms with Gasteiger partial charge in [-0.15, -0.1) is 0 Å². The monoisotopic (exact) mass is 270 g/mol. The summed E-state index contributed by atoms with van der Waals surface area (Å²) in [5.41, 5.74) is 0. The van der Waals surface area contributed by atoms with Gasteiger partial charge in [0.1, 0.15) is 0 Å². The van der Waals surface area contributed by atoms with E-state index in [1.54, 1.807) is 12.0 Å². The van der Waals surface area contributed by atoms with Gasteiger partial charge in [-0.1, -0.05) is 0 Å². The van der Waals surface area contributed by atoms with E-state index in [2.05, 4.69) is 5.32 Å². The Kier molecular flexibility index (Phi) is 4.63. The highest BCUT2D eigenvalue weighted by Gasteiger charge is 2.32. The summed E-state index contributed by atoms with van der Waals surface area (Å²) in [5.74, 6) is -1.05. The molecule has 6 nitrogen and oxygen atoms in total. The van der Waals surface area contributed by atoms with Crippen molar-refractivity contribution in [1.29, 1.82) is 0 Å². The van der Waals surface area contributed by atoms with Gasteiger partial charge in [-0.2, -0.15) is 0 Å². The Hall–Kier alpha value is -1.30. The van der Waals surface area contributed by atoms with Crippen molar-refractivity contribution in [1.82, 2.24) is 10.2 Å². The molecule has 2 rings (SSSR count). The van der Waals surface area contributed by atoms with Crippen LogP contribution in [0.2, 0.25) is 0 Å². The number of piperidine rings is 1. The Morgan fingerprint density at radius 1 is 1.21 bits per heavy atom. The lowest BCUT2D eigenvalue weighted by Crippen LogP contribution is -2.48. The summed E-state index contributed by atoms with van der Waals surface area (Å²) in [6, 6.07) is -0.0562. The van der Waals surface area contributed by atoms with Gasteiger partial charge in [0.05, 0.1) is 12.0 Å². The molecular formula is C13H22N2O4. The lowest BCUT2D eigenvalue weighted by atomic mass is 10.1. The molecule has 0 radical (unpaired) electrons. The van der Waals surface area contributed by atoms with Crippen molar-refractivity contribution in [2.24, 2.45) is 5.92 Å². The van der Waals surface area contributed by atoms with Crippen LogP contribution in [0.25, 0.3) is 0 Å². The average Bonchev–Trinajstić information content (AvgIpc) is 2.87. The number of amides is 2. The second kappa shape index (κ2) is 6.23. The van der Waals surface area contributed by atoms with E-state index in [4.69, 9.17) is 9.84 Å². The number of carbonyl (C=O) groups is 2. The first-order chi connectivity index (χ1) is 9.10. The summed E-state index contributed by atoms with van der Waals surface area (Å²) >= 11 is 0. The van der Waals surface area contributed by atoms with Crippen LogP contribution in [0.5, 0.6) is 0 Å². The van der Waals surface area contributed by atoms with Gasteiger partial charge >= 0.3 is 12.0 Å². The molecule has 1 aliphatic carbocycles. The molecule has 0 unspecified atom stereocenters. The zero-order valence-corrected chi connectivity index (χ0v) is 11.3. The normalized spacial score (nSPS) is 28.4. The number of carboxylic acids is 1. The predicted molar refractivity (Wildman–Crippen MR) is 68.9 cm³/mol. The van der Waals surface area contributed by atoms with Crippen LogP contribution in [0.1, 0.15) is 32.1 Å². The van der Waals surface area contributed by atoms with E-state index < -0.39 is 5.97 Å². The van der Waals surface area contributed by atoms with E-state index in [-0.39, 0.29) is 24.1 Å². The standard InChI is InChI=1S/C13H22N2O4/c1-19-11-4-6-15(7-5-11)13(18)14-10-3-2-9(8-10)12(16)17/h9-11H,2-8H2,1H3,(H,14,18)(H,16,17)/t9-,10+/m1/s1. The number of nitrogens with zero attached hydrogens (tertiary/aromatic N) is 1. The molecule has 2 amide bonds. The molecule has 2 N–H and O–H groups in total. The van der Waals surface area contributed by atoms with Crippen molar-refractivity contribution in [3.8, 4) is 0 Å². The second-order valence-electron chi connectivity index (χ2n) is 5.42. The van der Waals surface area contributed by atoms with Crippen LogP contribution in [0.3, 0.4) is 0 Å². The minimum absolute atomic E-state index is 0.00810. The predicted octanol–water partition coefficient (Wildman–Crippen LogP) is 1.06. The lowest BCUT2D eigenvalue weighted by Gasteiger charge is -2.32. The summed E-state index contributed by atoms with van der Waals surface area (Å²) in [6.45, 7) is 1.42. The number of hydrogen-bond donors (Lipinski definition) is 2. The minimum Gasteiger partial charge on any atom is -0.481 e. The van der Waals surface area contributed by atoms with Crippen molar-refractivity contribution in [2.75, 3.05) is 20.2 Å². The van der Waals surface area contributed by atoms with Gasteiger partial charge in [-0.25, -0.2) is 4.79 Å². The zero-order valence-electron chi connectivity index (χ0n) is 11.3. The molecule has 1 aliphatic heterocycles. The topological polar surface area (TPSA) is 78.9 Å². The van der Waals surface area contributed by atoms with Crippen molar-refractivity contribution in [2.45, 2.75) is 44.2 Å². The third kappa shape index (κ3) is 3.59. The van der Waals surface area contributed by atoms with Gasteiger partial charge in [-0.05, 0) is 32.1 Å². The summed E-state index contributed by atoms with van der Waals surface area (Å²) in [4.78, 5) is 24.7. The quantitative estimate of drug-likeness (QED) is 0.803. The fourth-order valence-electron chi connectivity index (χ4n) is 2.90. The number of carbonyl (C=O) groups excluding carboxylic acids is 1. The number of nitrogens with one attached hydrogen (secondary N) is 1. The van der Waals surface area contributed by atoms with E-state index in [0.717, 1.165) is 19.3 Å². The maximum Gasteiger partial charge on any atom is 0.317 e. The molecular weight excluding hydrogens is 248 g/mol. The Bertz CT molecular complexity index is 340. The van der Waals surface area contributed by atoms with Crippen LogP contribution in [-0.2, 0) is 9.53 Å². The Morgan fingerprint density at radius 2 is 1.89 bits per heavy atom. The number of rotatable bonds is 3. The Labute approximate surface area is 113 Å². The van der Waals surface area contributed by atoms with Crippen molar-refractivity contribution < 1.29 is 19.4 Å². The fraction of sp³-hybridized carbons (Fsp3) is 0.846. The third-order valence-electron chi connectivity index (χ3n) is 4.17. The lowest BCUT2D eigenvalue weighted by molar-refractivity contribution is -0.141. The molecule has 1 saturated carbocycles. The summed E-state index contributed by atoms with van der Waals surface area (Å²) < 4.78 is 5.27. The van der Waals surface area contributed by atoms with E-state index in [0.29, 0.717) is 25.9 Å². The smallest absolute Gasteiger partial charge is 0.317 e. The molecule has 108 valence electrons. The molecule has 0 aromatic rings. The van der Waals surface area contributed by atoms with Gasteiger partial charge in [-0.3, -0.25) is 4.79 Å². The SMILES string of the molecule is COC1CCN(C(=O)N[C@H]2CC[C@@H](C(=O)O)C2)CC1. The largest absolute Gasteiger partial charge is 0.481 e. The molecule has 2 atom stereocenters. The minimum atomic E-state index is -0.752. The maximum atomic E-state index is 12.1. The van der Waals surface area contributed by atoms with Gasteiger partial charge in [0.15, 0.2) is 0 Å². The van der Waals surface area contributed by atoms with Crippen LogP contribution in [0, 0.1) is 5.92 Å². The van der Waals surface area contributed by atoms with Gasteiger partial charge in [0, 0.05) is 26.2 Å². The first kappa shape index (κ1) is 14.1. The van der Waals surface area contributed by atoms with Crippen LogP contribution in [0.15, 0.2) is 0 Å². The number of ether oxygens (including phenoxy) is 1. The molecule has 0 aromatic heterocycles. The molecule has 2 fully saturated rings. The Balaban J connectivity index is 1.75. The van der Waals surface area contributed by atoms with E-state index >= 15 is 0 Å². The number of likely N-dealkylation sites (tertiary alicyclic amines) is 1. The van der Waals surface area contributed by atoms with Gasteiger partial charge in [0.2, 0.25) is 0 Å². The van der Waals surface area contributed by atoms with Gasteiger partial charge in [0.25, 0.3) is 0 Å². The number of urea groups is 1. The molecule has 1 heterocycles. The number of carboxylic acid groups (broad SMARTS) is 1. The van der Waals surface area contributed by atoms with Crippen LogP contribution < -0.4 is 5.32 Å². The highest BCUT2D eigenvalue weighted by molar-refractivity contribution is 5.75. The number of hydrogen-bond acceptors (Lipinski definition) is 3. The highest BCUT2D eigenvalue weighted by Crippen LogP contribution is 2.26. The third-order valence-corrected chi connectivity index (χ3v) is 4.17. The molecule has 1 saturated heterocycles. The van der Waals surface area contributed by atoms with Crippen LogP contribution in [-0.4, -0.2) is 54.4 Å². The molecule has 0 bridgehead atoms. The molecule has 19 heavy (non-hydrogen) atoms. The van der Waals surface area contributed by atoms with Crippen LogP contribution in [0.4, 0.5) is 4.79 Å². The van der Waals surface area contributed by atoms with Crippen molar-refractivity contribution in [3.05, 3.63) is 0 Å². The molecule has 0 spiro atoms. The van der Waals surface area contributed by atoms with E-state index in [9.17, 15) is 9.59 Å². The fourth-order valence-corrected chi connectivity index (χ4v) is 2.90. The second-order valence-corrected chi connectivity index (χ2v) is 5.42. The first-order valence-electron chi connectivity index (χ1n) is 6.91. The summed E-state index contributed by atoms with van der Waals surface area (Å²) in [6.07, 6.45) is 3.96. The average molecular weight is 270 g/mol.